The van der Waals surface area contributed by atoms with E-state index in [1.807, 2.05) is 0 Å². The normalized spacial score (nSPS) is 14.8. The molecule has 0 bridgehead atoms. The van der Waals surface area contributed by atoms with Crippen LogP contribution in [0.5, 0.6) is 0 Å². The number of hydrogen-bond acceptors (Lipinski definition) is 2. The summed E-state index contributed by atoms with van der Waals surface area (Å²) in [7, 11) is 0. The molecule has 3 nitrogen and oxygen atoms in total. The van der Waals surface area contributed by atoms with Crippen molar-refractivity contribution in [3.63, 3.8) is 0 Å². The summed E-state index contributed by atoms with van der Waals surface area (Å²) >= 11 is 0. The highest BCUT2D eigenvalue weighted by Crippen LogP contribution is 2.21. The van der Waals surface area contributed by atoms with Gasteiger partial charge in [-0.05, 0) is 33.1 Å². The number of hydrogen-bond donors (Lipinski definition) is 1. The maximum atomic E-state index is 4.73. The Labute approximate surface area is 130 Å². The molecule has 1 aromatic rings. The van der Waals surface area contributed by atoms with Crippen LogP contribution in [0.3, 0.4) is 0 Å². The molecule has 0 aromatic carbocycles. The third-order valence-corrected chi connectivity index (χ3v) is 4.65. The Hall–Kier alpha value is -0.830. The van der Waals surface area contributed by atoms with Crippen LogP contribution in [-0.4, -0.2) is 15.8 Å². The predicted octanol–water partition coefficient (Wildman–Crippen LogP) is 4.50. The zero-order valence-corrected chi connectivity index (χ0v) is 14.2. The molecular weight excluding hydrogens is 258 g/mol. The first-order valence-electron chi connectivity index (χ1n) is 8.98. The van der Waals surface area contributed by atoms with E-state index in [1.165, 1.54) is 74.7 Å². The van der Waals surface area contributed by atoms with Crippen molar-refractivity contribution in [2.24, 2.45) is 0 Å². The van der Waals surface area contributed by atoms with Gasteiger partial charge in [-0.1, -0.05) is 45.4 Å². The van der Waals surface area contributed by atoms with Crippen molar-refractivity contribution in [2.45, 2.75) is 97.7 Å². The molecule has 1 aliphatic carbocycles. The summed E-state index contributed by atoms with van der Waals surface area (Å²) in [4.78, 5) is 0. The molecule has 1 saturated carbocycles. The lowest BCUT2D eigenvalue weighted by atomic mass is 10.1. The minimum atomic E-state index is 0.773. The van der Waals surface area contributed by atoms with Gasteiger partial charge in [-0.25, -0.2) is 0 Å². The van der Waals surface area contributed by atoms with Gasteiger partial charge in [0.15, 0.2) is 0 Å². The number of aromatic nitrogens is 2. The van der Waals surface area contributed by atoms with Crippen molar-refractivity contribution in [3.05, 3.63) is 17.0 Å². The van der Waals surface area contributed by atoms with Gasteiger partial charge in [-0.3, -0.25) is 4.68 Å². The Morgan fingerprint density at radius 2 is 1.71 bits per heavy atom. The molecule has 0 saturated heterocycles. The van der Waals surface area contributed by atoms with E-state index in [9.17, 15) is 0 Å². The van der Waals surface area contributed by atoms with Crippen LogP contribution in [-0.2, 0) is 13.1 Å². The zero-order chi connectivity index (χ0) is 15.1. The maximum absolute atomic E-state index is 4.73. The molecular formula is C18H33N3. The highest BCUT2D eigenvalue weighted by Gasteiger charge is 2.21. The summed E-state index contributed by atoms with van der Waals surface area (Å²) in [6.07, 6.45) is 12.2. The van der Waals surface area contributed by atoms with Crippen LogP contribution < -0.4 is 5.32 Å². The van der Waals surface area contributed by atoms with Crippen molar-refractivity contribution in [2.75, 3.05) is 0 Å². The molecule has 0 unspecified atom stereocenters. The van der Waals surface area contributed by atoms with Gasteiger partial charge in [0.25, 0.3) is 0 Å². The van der Waals surface area contributed by atoms with E-state index in [0.717, 1.165) is 19.1 Å². The topological polar surface area (TPSA) is 29.9 Å². The van der Waals surface area contributed by atoms with Gasteiger partial charge < -0.3 is 5.32 Å². The SMILES string of the molecule is CCCCCCCCCn1nc(C)c(CNC2CC2)c1C. The Morgan fingerprint density at radius 3 is 2.38 bits per heavy atom. The molecule has 1 aromatic heterocycles. The average Bonchev–Trinajstić information content (AvgIpc) is 3.25. The lowest BCUT2D eigenvalue weighted by Crippen LogP contribution is -2.16. The summed E-state index contributed by atoms with van der Waals surface area (Å²) in [5.74, 6) is 0. The summed E-state index contributed by atoms with van der Waals surface area (Å²) in [6.45, 7) is 8.74. The molecule has 0 radical (unpaired) electrons. The van der Waals surface area contributed by atoms with E-state index >= 15 is 0 Å². The Bertz CT molecular complexity index is 418. The first-order chi connectivity index (χ1) is 10.2. The second-order valence-electron chi connectivity index (χ2n) is 6.65. The standard InChI is InChI=1S/C18H33N3/c1-4-5-6-7-8-9-10-13-21-16(3)18(15(2)20-21)14-19-17-11-12-17/h17,19H,4-14H2,1-3H3. The van der Waals surface area contributed by atoms with Crippen LogP contribution in [0.25, 0.3) is 0 Å². The quantitative estimate of drug-likeness (QED) is 0.608. The average molecular weight is 291 g/mol. The number of nitrogens with one attached hydrogen (secondary N) is 1. The smallest absolute Gasteiger partial charge is 0.0641 e. The third kappa shape index (κ3) is 5.46. The van der Waals surface area contributed by atoms with Gasteiger partial charge in [0, 0.05) is 30.4 Å². The van der Waals surface area contributed by atoms with Crippen molar-refractivity contribution >= 4 is 0 Å². The fourth-order valence-electron chi connectivity index (χ4n) is 2.96. The molecule has 0 atom stereocenters. The molecule has 1 fully saturated rings. The molecule has 3 heteroatoms. The monoisotopic (exact) mass is 291 g/mol. The van der Waals surface area contributed by atoms with Gasteiger partial charge in [0.05, 0.1) is 5.69 Å². The minimum absolute atomic E-state index is 0.773. The molecule has 1 aliphatic rings. The van der Waals surface area contributed by atoms with Gasteiger partial charge in [-0.15, -0.1) is 0 Å². The molecule has 21 heavy (non-hydrogen) atoms. The molecule has 0 aliphatic heterocycles. The Kier molecular flexibility index (Phi) is 6.75. The van der Waals surface area contributed by atoms with Crippen molar-refractivity contribution in [1.29, 1.82) is 0 Å². The van der Waals surface area contributed by atoms with E-state index in [1.54, 1.807) is 0 Å². The van der Waals surface area contributed by atoms with Crippen molar-refractivity contribution in [1.82, 2.24) is 15.1 Å². The fourth-order valence-corrected chi connectivity index (χ4v) is 2.96. The van der Waals surface area contributed by atoms with E-state index in [-0.39, 0.29) is 0 Å². The predicted molar refractivity (Wildman–Crippen MR) is 89.6 cm³/mol. The Morgan fingerprint density at radius 1 is 1.05 bits per heavy atom. The second kappa shape index (κ2) is 8.57. The molecule has 1 heterocycles. The van der Waals surface area contributed by atoms with E-state index in [2.05, 4.69) is 30.8 Å². The largest absolute Gasteiger partial charge is 0.310 e. The van der Waals surface area contributed by atoms with E-state index in [4.69, 9.17) is 5.10 Å². The fraction of sp³-hybridized carbons (Fsp3) is 0.833. The van der Waals surface area contributed by atoms with Gasteiger partial charge in [-0.2, -0.15) is 5.10 Å². The number of nitrogens with zero attached hydrogens (tertiary/aromatic N) is 2. The van der Waals surface area contributed by atoms with Gasteiger partial charge in [0.2, 0.25) is 0 Å². The first kappa shape index (κ1) is 16.5. The zero-order valence-electron chi connectivity index (χ0n) is 14.2. The first-order valence-corrected chi connectivity index (χ1v) is 8.98. The van der Waals surface area contributed by atoms with E-state index < -0.39 is 0 Å². The van der Waals surface area contributed by atoms with Crippen molar-refractivity contribution < 1.29 is 0 Å². The maximum Gasteiger partial charge on any atom is 0.0641 e. The summed E-state index contributed by atoms with van der Waals surface area (Å²) < 4.78 is 2.23. The van der Waals surface area contributed by atoms with Crippen molar-refractivity contribution in [3.8, 4) is 0 Å². The molecule has 2 rings (SSSR count). The summed E-state index contributed by atoms with van der Waals surface area (Å²) in [5, 5.41) is 8.34. The highest BCUT2D eigenvalue weighted by molar-refractivity contribution is 5.24. The van der Waals surface area contributed by atoms with Crippen LogP contribution in [0.1, 0.15) is 81.7 Å². The van der Waals surface area contributed by atoms with Crippen LogP contribution in [0.15, 0.2) is 0 Å². The highest BCUT2D eigenvalue weighted by atomic mass is 15.3. The van der Waals surface area contributed by atoms with Crippen LogP contribution in [0.4, 0.5) is 0 Å². The lowest BCUT2D eigenvalue weighted by molar-refractivity contribution is 0.514. The molecule has 1 N–H and O–H groups in total. The van der Waals surface area contributed by atoms with Crippen LogP contribution >= 0.6 is 0 Å². The second-order valence-corrected chi connectivity index (χ2v) is 6.65. The number of unbranched alkanes of at least 4 members (excludes halogenated alkanes) is 6. The van der Waals surface area contributed by atoms with E-state index in [0.29, 0.717) is 0 Å². The number of aryl methyl sites for hydroxylation is 2. The third-order valence-electron chi connectivity index (χ3n) is 4.65. The van der Waals surface area contributed by atoms with Crippen LogP contribution in [0, 0.1) is 13.8 Å². The number of rotatable bonds is 11. The van der Waals surface area contributed by atoms with Gasteiger partial charge in [0.1, 0.15) is 0 Å². The van der Waals surface area contributed by atoms with Gasteiger partial charge >= 0.3 is 0 Å². The molecule has 0 spiro atoms. The molecule has 120 valence electrons. The minimum Gasteiger partial charge on any atom is -0.310 e. The molecule has 0 amide bonds. The summed E-state index contributed by atoms with van der Waals surface area (Å²) in [6, 6.07) is 0.773. The van der Waals surface area contributed by atoms with Crippen LogP contribution in [0.2, 0.25) is 0 Å². The summed E-state index contributed by atoms with van der Waals surface area (Å²) in [5.41, 5.74) is 4.00. The lowest BCUT2D eigenvalue weighted by Gasteiger charge is -2.06. The Balaban J connectivity index is 1.68.